The normalized spacial score (nSPS) is 15.5. The average molecular weight is 207 g/mol. The van der Waals surface area contributed by atoms with Gasteiger partial charge in [0.2, 0.25) is 0 Å². The monoisotopic (exact) mass is 207 g/mol. The van der Waals surface area contributed by atoms with Crippen LogP contribution in [0.5, 0.6) is 5.75 Å². The minimum absolute atomic E-state index is 0.298. The van der Waals surface area contributed by atoms with E-state index in [2.05, 4.69) is 17.1 Å². The number of anilines is 1. The van der Waals surface area contributed by atoms with E-state index in [4.69, 9.17) is 4.74 Å². The summed E-state index contributed by atoms with van der Waals surface area (Å²) < 4.78 is 18.3. The van der Waals surface area contributed by atoms with Gasteiger partial charge < -0.3 is 9.64 Å². The molecule has 1 aliphatic heterocycles. The fourth-order valence-electron chi connectivity index (χ4n) is 1.73. The topological polar surface area (TPSA) is 12.5 Å². The minimum Gasteiger partial charge on any atom is -0.494 e. The SMILES string of the molecule is COc1ccc(N2CC=CCC2)cc1F. The van der Waals surface area contributed by atoms with Crippen LogP contribution in [0.1, 0.15) is 6.42 Å². The van der Waals surface area contributed by atoms with E-state index >= 15 is 0 Å². The van der Waals surface area contributed by atoms with Crippen LogP contribution < -0.4 is 9.64 Å². The van der Waals surface area contributed by atoms with E-state index in [1.807, 2.05) is 6.07 Å². The van der Waals surface area contributed by atoms with Crippen molar-refractivity contribution in [2.24, 2.45) is 0 Å². The third-order valence-electron chi connectivity index (χ3n) is 2.56. The standard InChI is InChI=1S/C12H14FNO/c1-15-12-6-5-10(9-11(12)13)14-7-3-2-4-8-14/h2-3,5-6,9H,4,7-8H2,1H3. The van der Waals surface area contributed by atoms with Gasteiger partial charge in [0.25, 0.3) is 0 Å². The van der Waals surface area contributed by atoms with Crippen molar-refractivity contribution in [3.63, 3.8) is 0 Å². The molecule has 0 spiro atoms. The summed E-state index contributed by atoms with van der Waals surface area (Å²) in [7, 11) is 1.47. The highest BCUT2D eigenvalue weighted by Gasteiger charge is 2.10. The Bertz CT molecular complexity index is 376. The summed E-state index contributed by atoms with van der Waals surface area (Å²) in [6.45, 7) is 1.80. The summed E-state index contributed by atoms with van der Waals surface area (Å²) in [5.74, 6) is -0.00384. The molecule has 80 valence electrons. The lowest BCUT2D eigenvalue weighted by Gasteiger charge is -2.25. The molecule has 0 saturated carbocycles. The highest BCUT2D eigenvalue weighted by molar-refractivity contribution is 5.50. The van der Waals surface area contributed by atoms with Crippen LogP contribution in [0, 0.1) is 5.82 Å². The lowest BCUT2D eigenvalue weighted by Crippen LogP contribution is -2.26. The van der Waals surface area contributed by atoms with Crippen LogP contribution in [-0.4, -0.2) is 20.2 Å². The first-order valence-corrected chi connectivity index (χ1v) is 5.05. The molecular formula is C12H14FNO. The number of rotatable bonds is 2. The number of benzene rings is 1. The molecule has 3 heteroatoms. The second-order valence-corrected chi connectivity index (χ2v) is 3.52. The molecule has 1 aromatic carbocycles. The van der Waals surface area contributed by atoms with E-state index in [1.165, 1.54) is 13.2 Å². The van der Waals surface area contributed by atoms with Crippen molar-refractivity contribution in [1.29, 1.82) is 0 Å². The number of nitrogens with zero attached hydrogens (tertiary/aromatic N) is 1. The molecule has 0 unspecified atom stereocenters. The molecule has 0 aromatic heterocycles. The molecule has 0 N–H and O–H groups in total. The lowest BCUT2D eigenvalue weighted by molar-refractivity contribution is 0.386. The van der Waals surface area contributed by atoms with Crippen LogP contribution in [0.2, 0.25) is 0 Å². The molecule has 0 aliphatic carbocycles. The van der Waals surface area contributed by atoms with E-state index in [9.17, 15) is 4.39 Å². The number of hydrogen-bond acceptors (Lipinski definition) is 2. The molecule has 0 bridgehead atoms. The van der Waals surface area contributed by atoms with Crippen molar-refractivity contribution in [1.82, 2.24) is 0 Å². The molecule has 0 fully saturated rings. The maximum atomic E-state index is 13.4. The fraction of sp³-hybridized carbons (Fsp3) is 0.333. The van der Waals surface area contributed by atoms with Crippen LogP contribution in [0.3, 0.4) is 0 Å². The van der Waals surface area contributed by atoms with Gasteiger partial charge in [0, 0.05) is 24.8 Å². The van der Waals surface area contributed by atoms with E-state index in [1.54, 1.807) is 6.07 Å². The summed E-state index contributed by atoms with van der Waals surface area (Å²) in [6.07, 6.45) is 5.27. The van der Waals surface area contributed by atoms with Crippen molar-refractivity contribution in [2.75, 3.05) is 25.1 Å². The summed E-state index contributed by atoms with van der Waals surface area (Å²) >= 11 is 0. The molecule has 15 heavy (non-hydrogen) atoms. The zero-order valence-corrected chi connectivity index (χ0v) is 8.74. The molecule has 0 amide bonds. The second kappa shape index (κ2) is 4.34. The van der Waals surface area contributed by atoms with Crippen molar-refractivity contribution in [3.05, 3.63) is 36.2 Å². The van der Waals surface area contributed by atoms with Gasteiger partial charge in [-0.2, -0.15) is 0 Å². The number of hydrogen-bond donors (Lipinski definition) is 0. The van der Waals surface area contributed by atoms with Crippen LogP contribution in [-0.2, 0) is 0 Å². The summed E-state index contributed by atoms with van der Waals surface area (Å²) in [5.41, 5.74) is 0.914. The van der Waals surface area contributed by atoms with Crippen LogP contribution >= 0.6 is 0 Å². The van der Waals surface area contributed by atoms with E-state index in [-0.39, 0.29) is 5.82 Å². The molecule has 0 radical (unpaired) electrons. The van der Waals surface area contributed by atoms with Gasteiger partial charge in [-0.15, -0.1) is 0 Å². The maximum absolute atomic E-state index is 13.4. The first kappa shape index (κ1) is 10.0. The first-order chi connectivity index (χ1) is 7.31. The summed E-state index contributed by atoms with van der Waals surface area (Å²) in [6, 6.07) is 5.09. The highest BCUT2D eigenvalue weighted by atomic mass is 19.1. The Morgan fingerprint density at radius 1 is 1.33 bits per heavy atom. The summed E-state index contributed by atoms with van der Waals surface area (Å²) in [4.78, 5) is 2.14. The Balaban J connectivity index is 2.21. The quantitative estimate of drug-likeness (QED) is 0.691. The van der Waals surface area contributed by atoms with Crippen LogP contribution in [0.4, 0.5) is 10.1 Å². The van der Waals surface area contributed by atoms with E-state index < -0.39 is 0 Å². The van der Waals surface area contributed by atoms with Gasteiger partial charge in [0.15, 0.2) is 11.6 Å². The number of ether oxygens (including phenoxy) is 1. The zero-order chi connectivity index (χ0) is 10.7. The summed E-state index contributed by atoms with van der Waals surface area (Å²) in [5, 5.41) is 0. The Labute approximate surface area is 89.0 Å². The van der Waals surface area contributed by atoms with Gasteiger partial charge in [0.1, 0.15) is 0 Å². The van der Waals surface area contributed by atoms with Gasteiger partial charge >= 0.3 is 0 Å². The third-order valence-corrected chi connectivity index (χ3v) is 2.56. The van der Waals surface area contributed by atoms with Gasteiger partial charge in [-0.1, -0.05) is 12.2 Å². The number of methoxy groups -OCH3 is 1. The van der Waals surface area contributed by atoms with Crippen molar-refractivity contribution >= 4 is 5.69 Å². The number of halogens is 1. The molecule has 0 atom stereocenters. The van der Waals surface area contributed by atoms with Crippen molar-refractivity contribution in [2.45, 2.75) is 6.42 Å². The predicted molar refractivity (Wildman–Crippen MR) is 58.9 cm³/mol. The smallest absolute Gasteiger partial charge is 0.167 e. The molecule has 0 saturated heterocycles. The minimum atomic E-state index is -0.301. The van der Waals surface area contributed by atoms with Crippen LogP contribution in [0.15, 0.2) is 30.4 Å². The van der Waals surface area contributed by atoms with E-state index in [0.29, 0.717) is 5.75 Å². The van der Waals surface area contributed by atoms with E-state index in [0.717, 1.165) is 25.2 Å². The first-order valence-electron chi connectivity index (χ1n) is 5.05. The lowest BCUT2D eigenvalue weighted by atomic mass is 10.2. The van der Waals surface area contributed by atoms with Gasteiger partial charge in [-0.25, -0.2) is 4.39 Å². The predicted octanol–water partition coefficient (Wildman–Crippen LogP) is 2.60. The highest BCUT2D eigenvalue weighted by Crippen LogP contribution is 2.24. The third kappa shape index (κ3) is 2.12. The zero-order valence-electron chi connectivity index (χ0n) is 8.74. The van der Waals surface area contributed by atoms with Gasteiger partial charge in [-0.3, -0.25) is 0 Å². The molecule has 1 heterocycles. The van der Waals surface area contributed by atoms with Gasteiger partial charge in [0.05, 0.1) is 7.11 Å². The Morgan fingerprint density at radius 3 is 2.80 bits per heavy atom. The average Bonchev–Trinajstić information content (AvgIpc) is 2.30. The second-order valence-electron chi connectivity index (χ2n) is 3.52. The largest absolute Gasteiger partial charge is 0.494 e. The van der Waals surface area contributed by atoms with Crippen molar-refractivity contribution < 1.29 is 9.13 Å². The molecule has 1 aromatic rings. The van der Waals surface area contributed by atoms with Crippen molar-refractivity contribution in [3.8, 4) is 5.75 Å². The van der Waals surface area contributed by atoms with Crippen LogP contribution in [0.25, 0.3) is 0 Å². The molecule has 1 aliphatic rings. The molecule has 2 rings (SSSR count). The van der Waals surface area contributed by atoms with Gasteiger partial charge in [-0.05, 0) is 18.6 Å². The Kier molecular flexibility index (Phi) is 2.90. The molecular weight excluding hydrogens is 193 g/mol. The Hall–Kier alpha value is -1.51. The maximum Gasteiger partial charge on any atom is 0.167 e. The Morgan fingerprint density at radius 2 is 2.20 bits per heavy atom. The molecule has 2 nitrogen and oxygen atoms in total. The fourth-order valence-corrected chi connectivity index (χ4v) is 1.73.